The summed E-state index contributed by atoms with van der Waals surface area (Å²) in [6, 6.07) is 12.9. The van der Waals surface area contributed by atoms with Crippen LogP contribution in [-0.4, -0.2) is 18.5 Å². The molecule has 30 atom stereocenters. The van der Waals surface area contributed by atoms with E-state index in [4.69, 9.17) is 0 Å². The van der Waals surface area contributed by atoms with Gasteiger partial charge in [0.1, 0.15) is 0 Å². The van der Waals surface area contributed by atoms with Gasteiger partial charge >= 0.3 is 0 Å². The second-order valence-corrected chi connectivity index (χ2v) is 23.6. The molecule has 1 saturated heterocycles. The largest absolute Gasteiger partial charge is 0.298 e. The third-order valence-corrected chi connectivity index (χ3v) is 24.3. The van der Waals surface area contributed by atoms with E-state index in [9.17, 15) is 0 Å². The number of hydrogen-bond acceptors (Lipinski definition) is 1. The van der Waals surface area contributed by atoms with Gasteiger partial charge in [0.15, 0.2) is 0 Å². The van der Waals surface area contributed by atoms with E-state index in [1.807, 2.05) is 0 Å². The van der Waals surface area contributed by atoms with Crippen molar-refractivity contribution < 1.29 is 0 Å². The Kier molecular flexibility index (Phi) is 3.56. The number of likely N-dealkylation sites (tertiary alicyclic amines) is 1. The molecule has 1 aliphatic heterocycles. The second-order valence-electron chi connectivity index (χ2n) is 23.6. The standard InChI is InChI=1S/C48H53N/c1-49-15-48-14-23-12-21-10-18-7-17-8-20-9-19-11-22-13-24(45(48)47(49)16-5-3-2-4-6-16)32-37-28(22)27(19)34-29(20)33-25(17)26(18)35-30(21)36-31(23)46(48)44(32)43-41(36)39(35)38(33)40(34)42(37)43/h2-6,10-11,17,19-21,23-47H,7-9,12-15H2,1H3. The first-order valence-corrected chi connectivity index (χ1v) is 22.4. The maximum absolute atomic E-state index is 3.15. The van der Waals surface area contributed by atoms with Crippen LogP contribution in [0.25, 0.3) is 0 Å². The fourth-order valence-corrected chi connectivity index (χ4v) is 26.0. The van der Waals surface area contributed by atoms with Crippen molar-refractivity contribution in [3.05, 3.63) is 59.2 Å². The van der Waals surface area contributed by atoms with E-state index in [-0.39, 0.29) is 0 Å². The lowest BCUT2D eigenvalue weighted by Gasteiger charge is -2.63. The predicted molar refractivity (Wildman–Crippen MR) is 186 cm³/mol. The van der Waals surface area contributed by atoms with Crippen LogP contribution in [0.1, 0.15) is 50.1 Å². The van der Waals surface area contributed by atoms with E-state index < -0.39 is 0 Å². The van der Waals surface area contributed by atoms with Crippen LogP contribution in [0.4, 0.5) is 0 Å². The highest BCUT2D eigenvalue weighted by atomic mass is 15.2. The molecule has 18 rings (SSSR count). The summed E-state index contributed by atoms with van der Waals surface area (Å²) in [6.45, 7) is 1.44. The van der Waals surface area contributed by atoms with Gasteiger partial charge in [0.05, 0.1) is 0 Å². The van der Waals surface area contributed by atoms with Crippen LogP contribution in [0, 0.1) is 171 Å². The lowest BCUT2D eigenvalue weighted by atomic mass is 9.40. The summed E-state index contributed by atoms with van der Waals surface area (Å²) >= 11 is 0. The zero-order valence-corrected chi connectivity index (χ0v) is 29.2. The van der Waals surface area contributed by atoms with Gasteiger partial charge in [-0.3, -0.25) is 4.90 Å². The van der Waals surface area contributed by atoms with Gasteiger partial charge in [-0.05, 0) is 222 Å². The summed E-state index contributed by atoms with van der Waals surface area (Å²) in [4.78, 5) is 3.00. The number of nitrogens with zero attached hydrogens (tertiary/aromatic N) is 1. The molecule has 1 spiro atoms. The number of fused-ring (bicyclic) bond motifs is 1. The Morgan fingerprint density at radius 3 is 2.04 bits per heavy atom. The molecule has 0 amide bonds. The summed E-state index contributed by atoms with van der Waals surface area (Å²) < 4.78 is 0. The molecule has 0 aromatic heterocycles. The molecular formula is C48H53N. The van der Waals surface area contributed by atoms with Gasteiger partial charge in [-0.15, -0.1) is 0 Å². The average Bonchev–Trinajstić information content (AvgIpc) is 3.95. The molecule has 30 unspecified atom stereocenters. The van der Waals surface area contributed by atoms with Crippen molar-refractivity contribution >= 4 is 0 Å². The van der Waals surface area contributed by atoms with E-state index in [0.29, 0.717) is 11.5 Å². The van der Waals surface area contributed by atoms with Crippen molar-refractivity contribution in [2.75, 3.05) is 13.6 Å². The topological polar surface area (TPSA) is 3.24 Å². The first-order valence-electron chi connectivity index (χ1n) is 22.4. The molecule has 0 N–H and O–H groups in total. The van der Waals surface area contributed by atoms with Crippen LogP contribution in [-0.2, 0) is 0 Å². The Bertz CT molecular complexity index is 1920. The van der Waals surface area contributed by atoms with Gasteiger partial charge in [-0.25, -0.2) is 0 Å². The summed E-state index contributed by atoms with van der Waals surface area (Å²) in [6.07, 6.45) is 16.0. The Morgan fingerprint density at radius 1 is 0.531 bits per heavy atom. The van der Waals surface area contributed by atoms with E-state index in [0.717, 1.165) is 130 Å². The molecule has 1 nitrogen and oxygen atoms in total. The minimum Gasteiger partial charge on any atom is -0.298 e. The van der Waals surface area contributed by atoms with Gasteiger partial charge in [0.2, 0.25) is 0 Å². The van der Waals surface area contributed by atoms with Crippen LogP contribution in [0.3, 0.4) is 0 Å². The van der Waals surface area contributed by atoms with Gasteiger partial charge in [0, 0.05) is 12.6 Å². The number of allylic oxidation sites excluding steroid dienone is 4. The van der Waals surface area contributed by atoms with Crippen molar-refractivity contribution in [2.24, 2.45) is 171 Å². The molecule has 1 heteroatoms. The molecule has 49 heavy (non-hydrogen) atoms. The lowest BCUT2D eigenvalue weighted by molar-refractivity contribution is -0.164. The first-order chi connectivity index (χ1) is 24.2. The molecule has 250 valence electrons. The highest BCUT2D eigenvalue weighted by Crippen LogP contribution is 2.93. The molecule has 16 aliphatic carbocycles. The van der Waals surface area contributed by atoms with Crippen LogP contribution in [0.5, 0.6) is 0 Å². The van der Waals surface area contributed by atoms with E-state index in [1.54, 1.807) is 44.1 Å². The monoisotopic (exact) mass is 643 g/mol. The van der Waals surface area contributed by atoms with Gasteiger partial charge in [-0.2, -0.15) is 0 Å². The minimum absolute atomic E-state index is 0.599. The fourth-order valence-electron chi connectivity index (χ4n) is 26.0. The number of benzene rings is 1. The Hall–Kier alpha value is -1.34. The van der Waals surface area contributed by atoms with E-state index >= 15 is 0 Å². The fraction of sp³-hybridized carbons (Fsp3) is 0.792. The van der Waals surface area contributed by atoms with Gasteiger partial charge < -0.3 is 0 Å². The van der Waals surface area contributed by atoms with Crippen LogP contribution >= 0.6 is 0 Å². The molecule has 1 aromatic rings. The predicted octanol–water partition coefficient (Wildman–Crippen LogP) is 8.32. The summed E-state index contributed by atoms with van der Waals surface area (Å²) in [7, 11) is 2.61. The number of hydrogen-bond donors (Lipinski definition) is 0. The van der Waals surface area contributed by atoms with Crippen LogP contribution in [0.15, 0.2) is 53.6 Å². The summed E-state index contributed by atoms with van der Waals surface area (Å²) in [5.41, 5.74) is 6.53. The SMILES string of the molecule is CN1CC23CC4CC5C=C6CC7CC8CC9C=C%10CC(C%11C%12C%10C9C9C8C8C7C6C6C5C5C7C6C8C9C%12C7C%11C2C45)C3C1c1ccccc1. The Morgan fingerprint density at radius 2 is 1.18 bits per heavy atom. The summed E-state index contributed by atoms with van der Waals surface area (Å²) in [5.74, 6) is 31.0. The molecule has 14 saturated carbocycles. The van der Waals surface area contributed by atoms with Gasteiger partial charge in [-0.1, -0.05) is 53.6 Å². The lowest BCUT2D eigenvalue weighted by Crippen LogP contribution is -2.60. The molecule has 17 aliphatic rings. The molecule has 1 aromatic carbocycles. The van der Waals surface area contributed by atoms with Crippen LogP contribution < -0.4 is 0 Å². The van der Waals surface area contributed by atoms with Crippen molar-refractivity contribution in [1.29, 1.82) is 0 Å². The quantitative estimate of drug-likeness (QED) is 0.278. The Balaban J connectivity index is 0.981. The van der Waals surface area contributed by atoms with Crippen molar-refractivity contribution in [1.82, 2.24) is 4.90 Å². The van der Waals surface area contributed by atoms with E-state index in [2.05, 4.69) is 65.6 Å². The minimum atomic E-state index is 0.599. The molecular weight excluding hydrogens is 591 g/mol. The highest BCUT2D eigenvalue weighted by molar-refractivity contribution is 5.44. The van der Waals surface area contributed by atoms with Crippen molar-refractivity contribution in [3.8, 4) is 0 Å². The molecule has 0 radical (unpaired) electrons. The maximum atomic E-state index is 3.15. The molecule has 1 heterocycles. The third kappa shape index (κ3) is 2.06. The Labute approximate surface area is 292 Å². The van der Waals surface area contributed by atoms with Crippen molar-refractivity contribution in [2.45, 2.75) is 44.6 Å². The number of rotatable bonds is 1. The maximum Gasteiger partial charge on any atom is 0.0382 e. The highest BCUT2D eigenvalue weighted by Gasteiger charge is 2.89. The second kappa shape index (κ2) is 7.03. The first kappa shape index (κ1) is 24.8. The average molecular weight is 644 g/mol. The van der Waals surface area contributed by atoms with Gasteiger partial charge in [0.25, 0.3) is 0 Å². The molecule has 15 fully saturated rings. The zero-order valence-electron chi connectivity index (χ0n) is 29.2. The third-order valence-electron chi connectivity index (χ3n) is 24.3. The normalized spacial score (nSPS) is 75.7. The van der Waals surface area contributed by atoms with E-state index in [1.165, 1.54) is 42.1 Å². The van der Waals surface area contributed by atoms with Crippen molar-refractivity contribution in [3.63, 3.8) is 0 Å². The van der Waals surface area contributed by atoms with Crippen LogP contribution in [0.2, 0.25) is 0 Å². The zero-order chi connectivity index (χ0) is 30.5. The summed E-state index contributed by atoms with van der Waals surface area (Å²) in [5, 5.41) is 0. The molecule has 0 bridgehead atoms. The smallest absolute Gasteiger partial charge is 0.0382 e.